The first-order valence-corrected chi connectivity index (χ1v) is 8.42. The maximum Gasteiger partial charge on any atom is 0.397 e. The van der Waals surface area contributed by atoms with Crippen molar-refractivity contribution < 1.29 is 13.6 Å². The van der Waals surface area contributed by atoms with E-state index in [4.69, 9.17) is 13.6 Å². The van der Waals surface area contributed by atoms with E-state index in [2.05, 4.69) is 31.9 Å². The molecule has 0 saturated carbocycles. The van der Waals surface area contributed by atoms with Gasteiger partial charge >= 0.3 is 8.60 Å². The number of nitrogens with zero attached hydrogens (tertiary/aromatic N) is 1. The van der Waals surface area contributed by atoms with Gasteiger partial charge in [-0.1, -0.05) is 0 Å². The van der Waals surface area contributed by atoms with Crippen LogP contribution in [0.15, 0.2) is 11.8 Å². The minimum Gasteiger partial charge on any atom is -0.432 e. The molecule has 3 rings (SSSR count). The van der Waals surface area contributed by atoms with Gasteiger partial charge in [-0.2, -0.15) is 0 Å². The Morgan fingerprint density at radius 3 is 2.79 bits per heavy atom. The maximum atomic E-state index is 5.98. The van der Waals surface area contributed by atoms with Gasteiger partial charge in [0.2, 0.25) is 0 Å². The van der Waals surface area contributed by atoms with Crippen LogP contribution in [0.4, 0.5) is 0 Å². The van der Waals surface area contributed by atoms with Crippen molar-refractivity contribution in [3.63, 3.8) is 0 Å². The summed E-state index contributed by atoms with van der Waals surface area (Å²) in [5.41, 5.74) is 0. The van der Waals surface area contributed by atoms with Gasteiger partial charge in [0, 0.05) is 18.9 Å². The predicted molar refractivity (Wildman–Crippen MR) is 75.6 cm³/mol. The van der Waals surface area contributed by atoms with Crippen LogP contribution in [-0.2, 0) is 13.6 Å². The molecule has 4 nitrogen and oxygen atoms in total. The van der Waals surface area contributed by atoms with Crippen molar-refractivity contribution in [3.8, 4) is 0 Å². The molecule has 0 aromatic carbocycles. The molecular weight excluding hydrogens is 261 g/mol. The quantitative estimate of drug-likeness (QED) is 0.727. The van der Waals surface area contributed by atoms with Crippen LogP contribution in [0, 0.1) is 5.92 Å². The fourth-order valence-electron chi connectivity index (χ4n) is 3.34. The topological polar surface area (TPSA) is 30.9 Å². The number of fused-ring (bicyclic) bond motifs is 1. The molecule has 0 amide bonds. The van der Waals surface area contributed by atoms with Crippen molar-refractivity contribution in [2.24, 2.45) is 5.92 Å². The molecule has 108 valence electrons. The van der Waals surface area contributed by atoms with E-state index in [9.17, 15) is 0 Å². The zero-order valence-corrected chi connectivity index (χ0v) is 12.9. The molecule has 0 N–H and O–H groups in total. The van der Waals surface area contributed by atoms with Gasteiger partial charge in [-0.05, 0) is 52.3 Å². The minimum atomic E-state index is -1.19. The highest BCUT2D eigenvalue weighted by Crippen LogP contribution is 2.50. The second kappa shape index (κ2) is 5.69. The second-order valence-electron chi connectivity index (χ2n) is 6.09. The third-order valence-electron chi connectivity index (χ3n) is 4.41. The Morgan fingerprint density at radius 1 is 1.32 bits per heavy atom. The van der Waals surface area contributed by atoms with Crippen molar-refractivity contribution in [2.45, 2.75) is 57.8 Å². The first-order valence-electron chi connectivity index (χ1n) is 7.32. The first kappa shape index (κ1) is 13.8. The number of hydrogen-bond acceptors (Lipinski definition) is 4. The van der Waals surface area contributed by atoms with E-state index in [0.29, 0.717) is 6.04 Å². The first-order chi connectivity index (χ1) is 9.11. The molecule has 5 heteroatoms. The summed E-state index contributed by atoms with van der Waals surface area (Å²) in [6.07, 6.45) is 7.14. The fourth-order valence-corrected chi connectivity index (χ4v) is 4.58. The molecule has 3 aliphatic rings. The summed E-state index contributed by atoms with van der Waals surface area (Å²) >= 11 is 0. The van der Waals surface area contributed by atoms with E-state index in [1.807, 2.05) is 0 Å². The summed E-state index contributed by atoms with van der Waals surface area (Å²) in [5.74, 6) is 1.89. The summed E-state index contributed by atoms with van der Waals surface area (Å²) in [5, 5.41) is 0. The lowest BCUT2D eigenvalue weighted by atomic mass is 9.89. The van der Waals surface area contributed by atoms with Crippen LogP contribution < -0.4 is 0 Å². The largest absolute Gasteiger partial charge is 0.432 e. The fraction of sp³-hybridized carbons (Fsp3) is 0.857. The lowest BCUT2D eigenvalue weighted by Crippen LogP contribution is -2.32. The van der Waals surface area contributed by atoms with Crippen molar-refractivity contribution in [2.75, 3.05) is 13.6 Å². The normalized spacial score (nSPS) is 43.7. The van der Waals surface area contributed by atoms with Gasteiger partial charge in [0.25, 0.3) is 0 Å². The van der Waals surface area contributed by atoms with Gasteiger partial charge in [-0.25, -0.2) is 0 Å². The van der Waals surface area contributed by atoms with Gasteiger partial charge in [-0.3, -0.25) is 9.05 Å². The van der Waals surface area contributed by atoms with Crippen LogP contribution in [0.1, 0.15) is 39.5 Å². The number of hydrogen-bond donors (Lipinski definition) is 0. The number of allylic oxidation sites excluding steroid dienone is 1. The molecule has 2 aliphatic heterocycles. The molecule has 0 radical (unpaired) electrons. The molecule has 0 aromatic heterocycles. The van der Waals surface area contributed by atoms with Crippen molar-refractivity contribution in [1.29, 1.82) is 0 Å². The van der Waals surface area contributed by atoms with E-state index < -0.39 is 8.60 Å². The highest BCUT2D eigenvalue weighted by molar-refractivity contribution is 7.41. The van der Waals surface area contributed by atoms with Gasteiger partial charge < -0.3 is 9.42 Å². The van der Waals surface area contributed by atoms with Crippen LogP contribution in [0.2, 0.25) is 0 Å². The Bertz CT molecular complexity index is 353. The standard InChI is InChI=1S/C14H24NO3P/c1-10-8-11(2)17-19(16-10)18-13-5-4-12-6-7-15(3)14(12)9-13/h5,10-12,14H,4,6-9H2,1-3H3. The van der Waals surface area contributed by atoms with E-state index in [1.54, 1.807) is 0 Å². The second-order valence-corrected chi connectivity index (χ2v) is 7.14. The molecule has 0 bridgehead atoms. The van der Waals surface area contributed by atoms with E-state index in [1.165, 1.54) is 13.0 Å². The Balaban J connectivity index is 1.58. The molecule has 0 aromatic rings. The Morgan fingerprint density at radius 2 is 2.05 bits per heavy atom. The monoisotopic (exact) mass is 285 g/mol. The summed E-state index contributed by atoms with van der Waals surface area (Å²) in [6.45, 7) is 5.40. The van der Waals surface area contributed by atoms with E-state index in [0.717, 1.165) is 30.9 Å². The van der Waals surface area contributed by atoms with E-state index >= 15 is 0 Å². The number of rotatable bonds is 2. The van der Waals surface area contributed by atoms with Crippen LogP contribution in [0.5, 0.6) is 0 Å². The molecule has 0 spiro atoms. The third kappa shape index (κ3) is 3.13. The van der Waals surface area contributed by atoms with Crippen molar-refractivity contribution in [1.82, 2.24) is 4.90 Å². The minimum absolute atomic E-state index is 0.237. The van der Waals surface area contributed by atoms with Gasteiger partial charge in [-0.15, -0.1) is 0 Å². The average molecular weight is 285 g/mol. The van der Waals surface area contributed by atoms with Gasteiger partial charge in [0.05, 0.1) is 12.2 Å². The van der Waals surface area contributed by atoms with Crippen LogP contribution in [0.3, 0.4) is 0 Å². The summed E-state index contributed by atoms with van der Waals surface area (Å²) in [7, 11) is 1.03. The maximum absolute atomic E-state index is 5.98. The Hall–Kier alpha value is -0.150. The predicted octanol–water partition coefficient (Wildman–Crippen LogP) is 3.44. The Kier molecular flexibility index (Phi) is 4.14. The zero-order chi connectivity index (χ0) is 13.4. The molecule has 4 unspecified atom stereocenters. The van der Waals surface area contributed by atoms with E-state index in [-0.39, 0.29) is 12.2 Å². The molecule has 2 saturated heterocycles. The average Bonchev–Trinajstić information content (AvgIpc) is 2.70. The molecule has 1 aliphatic carbocycles. The van der Waals surface area contributed by atoms with Crippen LogP contribution in [0.25, 0.3) is 0 Å². The summed E-state index contributed by atoms with van der Waals surface area (Å²) in [4.78, 5) is 2.46. The van der Waals surface area contributed by atoms with Crippen LogP contribution in [-0.4, -0.2) is 36.7 Å². The lowest BCUT2D eigenvalue weighted by molar-refractivity contribution is 0.0387. The summed E-state index contributed by atoms with van der Waals surface area (Å²) in [6, 6.07) is 0.648. The third-order valence-corrected chi connectivity index (χ3v) is 5.86. The van der Waals surface area contributed by atoms with Gasteiger partial charge in [0.15, 0.2) is 0 Å². The highest BCUT2D eigenvalue weighted by Gasteiger charge is 2.36. The molecule has 4 atom stereocenters. The molecule has 2 fully saturated rings. The van der Waals surface area contributed by atoms with Crippen molar-refractivity contribution in [3.05, 3.63) is 11.8 Å². The van der Waals surface area contributed by atoms with Crippen LogP contribution >= 0.6 is 8.60 Å². The highest BCUT2D eigenvalue weighted by atomic mass is 31.2. The summed E-state index contributed by atoms with van der Waals surface area (Å²) < 4.78 is 17.5. The van der Waals surface area contributed by atoms with Gasteiger partial charge in [0.1, 0.15) is 5.76 Å². The SMILES string of the molecule is CC1CC(C)OP(OC2=CCC3CCN(C)C3C2)O1. The zero-order valence-electron chi connectivity index (χ0n) is 12.0. The molecular formula is C14H24NO3P. The lowest BCUT2D eigenvalue weighted by Gasteiger charge is -2.33. The van der Waals surface area contributed by atoms with Crippen molar-refractivity contribution >= 4 is 8.60 Å². The Labute approximate surface area is 117 Å². The molecule has 2 heterocycles. The molecule has 19 heavy (non-hydrogen) atoms. The smallest absolute Gasteiger partial charge is 0.397 e. The number of likely N-dealkylation sites (tertiary alicyclic amines) is 1.